The minimum absolute atomic E-state index is 0. The molecular weight excluding hydrogens is 356 g/mol. The van der Waals surface area contributed by atoms with Crippen molar-refractivity contribution in [1.29, 1.82) is 0 Å². The molecule has 2 aromatic carbocycles. The summed E-state index contributed by atoms with van der Waals surface area (Å²) in [6, 6.07) is 3.55. The van der Waals surface area contributed by atoms with Gasteiger partial charge >= 0.3 is 59.1 Å². The number of anilines is 1. The third-order valence-electron chi connectivity index (χ3n) is 2.60. The van der Waals surface area contributed by atoms with Gasteiger partial charge in [0.05, 0.1) is 9.79 Å². The van der Waals surface area contributed by atoms with Gasteiger partial charge < -0.3 is 13.7 Å². The second kappa shape index (κ2) is 7.34. The van der Waals surface area contributed by atoms with Crippen LogP contribution in [0.15, 0.2) is 34.1 Å². The monoisotopic (exact) mass is 367 g/mol. The molecule has 0 radical (unpaired) electrons. The number of nitrogen functional groups attached to an aromatic ring is 1. The molecule has 0 bridgehead atoms. The van der Waals surface area contributed by atoms with Crippen molar-refractivity contribution in [3.63, 3.8) is 0 Å². The van der Waals surface area contributed by atoms with Crippen LogP contribution >= 0.6 is 0 Å². The van der Waals surface area contributed by atoms with E-state index >= 15 is 0 Å². The van der Waals surface area contributed by atoms with Crippen molar-refractivity contribution in [2.45, 2.75) is 9.79 Å². The summed E-state index contributed by atoms with van der Waals surface area (Å²) in [5, 5.41) is 9.66. The van der Waals surface area contributed by atoms with Crippen LogP contribution in [-0.4, -0.2) is 31.0 Å². The summed E-state index contributed by atoms with van der Waals surface area (Å²) in [6.07, 6.45) is 0. The van der Waals surface area contributed by atoms with Crippen LogP contribution in [0.4, 0.5) is 5.69 Å². The van der Waals surface area contributed by atoms with E-state index in [1.54, 1.807) is 0 Å². The minimum Gasteiger partial charge on any atom is -1.00 e. The average molecular weight is 367 g/mol. The summed E-state index contributed by atoms with van der Waals surface area (Å²) in [6.45, 7) is 0. The van der Waals surface area contributed by atoms with Gasteiger partial charge in [0.1, 0.15) is 5.75 Å². The first-order valence-corrected chi connectivity index (χ1v) is 7.89. The summed E-state index contributed by atoms with van der Waals surface area (Å²) in [5.74, 6) is -0.547. The molecule has 8 nitrogen and oxygen atoms in total. The number of phenols is 1. The molecule has 0 aliphatic rings. The second-order valence-corrected chi connectivity index (χ2v) is 6.85. The van der Waals surface area contributed by atoms with Crippen molar-refractivity contribution in [2.75, 3.05) is 5.73 Å². The summed E-state index contributed by atoms with van der Waals surface area (Å²) in [5.41, 5.74) is 5.39. The fourth-order valence-corrected chi connectivity index (χ4v) is 2.86. The third-order valence-corrected chi connectivity index (χ3v) is 4.26. The maximum Gasteiger partial charge on any atom is 1.00 e. The zero-order valence-electron chi connectivity index (χ0n) is 13.7. The van der Waals surface area contributed by atoms with Crippen LogP contribution in [0.2, 0.25) is 0 Å². The van der Waals surface area contributed by atoms with Gasteiger partial charge in [0, 0.05) is 17.1 Å². The zero-order valence-corrected chi connectivity index (χ0v) is 17.3. The molecule has 0 aromatic heterocycles. The molecule has 0 atom stereocenters. The fourth-order valence-electron chi connectivity index (χ4n) is 1.77. The molecule has 22 heavy (non-hydrogen) atoms. The Morgan fingerprint density at radius 2 is 1.27 bits per heavy atom. The Balaban J connectivity index is -0.00000110. The fraction of sp³-hybridized carbons (Fsp3) is 0. The molecule has 0 heterocycles. The first-order valence-electron chi connectivity index (χ1n) is 5.01. The first kappa shape index (κ1) is 22.1. The molecular formula is C10H11NNa2O7S2. The Labute approximate surface area is 173 Å². The summed E-state index contributed by atoms with van der Waals surface area (Å²) in [4.78, 5) is -1.19. The number of rotatable bonds is 2. The van der Waals surface area contributed by atoms with E-state index in [-0.39, 0.29) is 78.4 Å². The Bertz CT molecular complexity index is 863. The van der Waals surface area contributed by atoms with Crippen LogP contribution in [0.1, 0.15) is 2.85 Å². The second-order valence-electron chi connectivity index (χ2n) is 4.00. The number of phenolic OH excluding ortho intramolecular Hbond substituents is 1. The van der Waals surface area contributed by atoms with Gasteiger partial charge in [-0.2, -0.15) is 16.8 Å². The molecule has 2 aromatic rings. The van der Waals surface area contributed by atoms with E-state index in [1.807, 2.05) is 0 Å². The number of fused-ring (bicyclic) bond motifs is 1. The van der Waals surface area contributed by atoms with E-state index in [0.29, 0.717) is 0 Å². The van der Waals surface area contributed by atoms with Gasteiger partial charge in [-0.25, -0.2) is 0 Å². The maximum absolute atomic E-state index is 11.1. The predicted molar refractivity (Wildman–Crippen MR) is 71.9 cm³/mol. The first-order chi connectivity index (χ1) is 9.00. The van der Waals surface area contributed by atoms with Crippen molar-refractivity contribution < 1.29 is 93.0 Å². The van der Waals surface area contributed by atoms with Crippen LogP contribution in [-0.2, 0) is 20.2 Å². The van der Waals surface area contributed by atoms with Crippen molar-refractivity contribution in [3.8, 4) is 5.75 Å². The number of hydrogen-bond acceptors (Lipinski definition) is 6. The Kier molecular flexibility index (Phi) is 7.38. The SMILES string of the molecule is Nc1cc(S(=O)(=O)O)cc2cc(S(=O)(=O)O)cc(O)c12.[H-].[H-].[Na+].[Na+]. The van der Waals surface area contributed by atoms with E-state index in [1.165, 1.54) is 0 Å². The topological polar surface area (TPSA) is 155 Å². The number of hydrogen-bond donors (Lipinski definition) is 4. The van der Waals surface area contributed by atoms with E-state index in [9.17, 15) is 21.9 Å². The van der Waals surface area contributed by atoms with Crippen molar-refractivity contribution in [2.24, 2.45) is 0 Å². The summed E-state index contributed by atoms with van der Waals surface area (Å²) >= 11 is 0. The predicted octanol–water partition coefficient (Wildman–Crippen LogP) is -5.15. The zero-order chi connectivity index (χ0) is 15.3. The van der Waals surface area contributed by atoms with Crippen molar-refractivity contribution >= 4 is 36.7 Å². The Morgan fingerprint density at radius 1 is 0.864 bits per heavy atom. The molecule has 0 aliphatic heterocycles. The quantitative estimate of drug-likeness (QED) is 0.233. The molecule has 0 unspecified atom stereocenters. The summed E-state index contributed by atoms with van der Waals surface area (Å²) < 4.78 is 62.1. The molecule has 12 heteroatoms. The molecule has 0 aliphatic carbocycles. The third kappa shape index (κ3) is 4.57. The molecule has 0 saturated heterocycles. The number of nitrogens with two attached hydrogens (primary N) is 1. The van der Waals surface area contributed by atoms with Crippen LogP contribution < -0.4 is 64.8 Å². The van der Waals surface area contributed by atoms with Crippen LogP contribution in [0.25, 0.3) is 10.8 Å². The van der Waals surface area contributed by atoms with Gasteiger partial charge in [-0.15, -0.1) is 0 Å². The Morgan fingerprint density at radius 3 is 1.68 bits per heavy atom. The summed E-state index contributed by atoms with van der Waals surface area (Å²) in [7, 11) is -9.14. The smallest absolute Gasteiger partial charge is 1.00 e. The largest absolute Gasteiger partial charge is 1.00 e. The average Bonchev–Trinajstić information content (AvgIpc) is 2.25. The van der Waals surface area contributed by atoms with Crippen molar-refractivity contribution in [1.82, 2.24) is 0 Å². The standard InChI is InChI=1S/C10H9NO7S2.2Na.2H/c11-8-3-6(19(13,14)15)1-5-2-7(20(16,17)18)4-9(12)10(5)8;;;;/h1-4,12H,11H2,(H,13,14,15)(H,16,17,18);;;;/q;2*+1;2*-1. The molecule has 2 rings (SSSR count). The minimum atomic E-state index is -4.59. The van der Waals surface area contributed by atoms with Gasteiger partial charge in [-0.1, -0.05) is 0 Å². The maximum atomic E-state index is 11.1. The van der Waals surface area contributed by atoms with E-state index < -0.39 is 35.8 Å². The van der Waals surface area contributed by atoms with E-state index in [2.05, 4.69) is 0 Å². The van der Waals surface area contributed by atoms with Crippen LogP contribution in [0, 0.1) is 0 Å². The molecule has 0 amide bonds. The van der Waals surface area contributed by atoms with Gasteiger partial charge in [-0.3, -0.25) is 9.11 Å². The van der Waals surface area contributed by atoms with Crippen molar-refractivity contribution in [3.05, 3.63) is 24.3 Å². The Hall–Kier alpha value is 0.120. The van der Waals surface area contributed by atoms with Crippen LogP contribution in [0.5, 0.6) is 5.75 Å². The molecule has 0 fully saturated rings. The van der Waals surface area contributed by atoms with Crippen LogP contribution in [0.3, 0.4) is 0 Å². The normalized spacial score (nSPS) is 11.5. The van der Waals surface area contributed by atoms with Gasteiger partial charge in [-0.05, 0) is 23.6 Å². The van der Waals surface area contributed by atoms with Gasteiger partial charge in [0.15, 0.2) is 0 Å². The molecule has 0 saturated carbocycles. The molecule has 0 spiro atoms. The number of benzene rings is 2. The number of aromatic hydroxyl groups is 1. The molecule has 112 valence electrons. The molecule has 5 N–H and O–H groups in total. The van der Waals surface area contributed by atoms with E-state index in [0.717, 1.165) is 24.3 Å². The van der Waals surface area contributed by atoms with Gasteiger partial charge in [0.25, 0.3) is 20.2 Å². The van der Waals surface area contributed by atoms with Gasteiger partial charge in [0.2, 0.25) is 0 Å². The van der Waals surface area contributed by atoms with E-state index in [4.69, 9.17) is 14.8 Å².